The fraction of sp³-hybridized carbons (Fsp3) is 0.929. The Morgan fingerprint density at radius 2 is 1.94 bits per heavy atom. The van der Waals surface area contributed by atoms with Gasteiger partial charge in [-0.15, -0.1) is 0 Å². The van der Waals surface area contributed by atoms with Gasteiger partial charge in [0.05, 0.1) is 0 Å². The number of hydrogen-bond donors (Lipinski definition) is 2. The first kappa shape index (κ1) is 17.4. The number of carboxylic acids is 1. The zero-order chi connectivity index (χ0) is 14.3. The van der Waals surface area contributed by atoms with E-state index in [0.717, 1.165) is 19.4 Å². The van der Waals surface area contributed by atoms with E-state index in [0.29, 0.717) is 24.8 Å². The van der Waals surface area contributed by atoms with Gasteiger partial charge in [0.15, 0.2) is 0 Å². The summed E-state index contributed by atoms with van der Waals surface area (Å²) in [5.41, 5.74) is 4.81. The van der Waals surface area contributed by atoms with Crippen LogP contribution in [-0.2, 0) is 4.79 Å². The van der Waals surface area contributed by atoms with E-state index in [2.05, 4.69) is 32.7 Å². The minimum atomic E-state index is -1.05. The fourth-order valence-corrected chi connectivity index (χ4v) is 2.16. The molecule has 2 unspecified atom stereocenters. The van der Waals surface area contributed by atoms with E-state index < -0.39 is 11.5 Å². The highest BCUT2D eigenvalue weighted by Gasteiger charge is 2.31. The number of carboxylic acid groups (broad SMARTS) is 1. The second-order valence-electron chi connectivity index (χ2n) is 5.88. The molecule has 4 nitrogen and oxygen atoms in total. The van der Waals surface area contributed by atoms with Crippen LogP contribution < -0.4 is 5.73 Å². The van der Waals surface area contributed by atoms with Crippen molar-refractivity contribution in [2.45, 2.75) is 65.0 Å². The minimum absolute atomic E-state index is 0.480. The van der Waals surface area contributed by atoms with Gasteiger partial charge in [-0.05, 0) is 52.1 Å². The third kappa shape index (κ3) is 5.83. The van der Waals surface area contributed by atoms with Crippen LogP contribution in [0.2, 0.25) is 0 Å². The Balaban J connectivity index is 4.07. The van der Waals surface area contributed by atoms with Crippen molar-refractivity contribution in [3.05, 3.63) is 0 Å². The lowest BCUT2D eigenvalue weighted by Gasteiger charge is -2.28. The van der Waals surface area contributed by atoms with Crippen LogP contribution in [0.25, 0.3) is 0 Å². The SMILES string of the molecule is CCC(N)(CCCN(C)C(C)CC(C)C)C(=O)O. The van der Waals surface area contributed by atoms with Gasteiger partial charge in [-0.1, -0.05) is 20.8 Å². The molecule has 0 aromatic heterocycles. The summed E-state index contributed by atoms with van der Waals surface area (Å²) in [5, 5.41) is 9.09. The highest BCUT2D eigenvalue weighted by molar-refractivity contribution is 5.78. The molecule has 108 valence electrons. The number of rotatable bonds is 9. The van der Waals surface area contributed by atoms with Crippen molar-refractivity contribution in [3.8, 4) is 0 Å². The van der Waals surface area contributed by atoms with Crippen LogP contribution in [-0.4, -0.2) is 41.1 Å². The second-order valence-corrected chi connectivity index (χ2v) is 5.88. The van der Waals surface area contributed by atoms with Gasteiger partial charge in [0.25, 0.3) is 0 Å². The lowest BCUT2D eigenvalue weighted by atomic mass is 9.91. The van der Waals surface area contributed by atoms with Crippen molar-refractivity contribution >= 4 is 5.97 Å². The van der Waals surface area contributed by atoms with E-state index in [4.69, 9.17) is 10.8 Å². The van der Waals surface area contributed by atoms with E-state index >= 15 is 0 Å². The Bertz CT molecular complexity index is 256. The van der Waals surface area contributed by atoms with Crippen LogP contribution in [0.4, 0.5) is 0 Å². The third-order valence-electron chi connectivity index (χ3n) is 3.76. The summed E-state index contributed by atoms with van der Waals surface area (Å²) in [4.78, 5) is 13.4. The molecule has 0 heterocycles. The molecule has 0 aromatic rings. The van der Waals surface area contributed by atoms with E-state index in [1.807, 2.05) is 6.92 Å². The summed E-state index contributed by atoms with van der Waals surface area (Å²) in [6.07, 6.45) is 3.01. The molecule has 0 aliphatic heterocycles. The van der Waals surface area contributed by atoms with Crippen LogP contribution in [0.3, 0.4) is 0 Å². The molecule has 3 N–H and O–H groups in total. The van der Waals surface area contributed by atoms with Crippen LogP contribution >= 0.6 is 0 Å². The highest BCUT2D eigenvalue weighted by atomic mass is 16.4. The average Bonchev–Trinajstić information content (AvgIpc) is 2.27. The van der Waals surface area contributed by atoms with Crippen molar-refractivity contribution < 1.29 is 9.90 Å². The first-order chi connectivity index (χ1) is 8.23. The molecule has 0 saturated carbocycles. The van der Waals surface area contributed by atoms with Crippen LogP contribution in [0.15, 0.2) is 0 Å². The Labute approximate surface area is 112 Å². The number of aliphatic carboxylic acids is 1. The van der Waals surface area contributed by atoms with Gasteiger partial charge in [-0.25, -0.2) is 0 Å². The van der Waals surface area contributed by atoms with Crippen molar-refractivity contribution in [2.75, 3.05) is 13.6 Å². The molecule has 0 amide bonds. The average molecular weight is 258 g/mol. The van der Waals surface area contributed by atoms with Crippen LogP contribution in [0.1, 0.15) is 53.4 Å². The summed E-state index contributed by atoms with van der Waals surface area (Å²) in [7, 11) is 2.10. The lowest BCUT2D eigenvalue weighted by Crippen LogP contribution is -2.47. The molecule has 0 aromatic carbocycles. The largest absolute Gasteiger partial charge is 0.480 e. The van der Waals surface area contributed by atoms with Crippen LogP contribution in [0, 0.1) is 5.92 Å². The van der Waals surface area contributed by atoms with Gasteiger partial charge < -0.3 is 15.7 Å². The van der Waals surface area contributed by atoms with E-state index in [9.17, 15) is 4.79 Å². The second kappa shape index (κ2) is 7.74. The highest BCUT2D eigenvalue weighted by Crippen LogP contribution is 2.16. The predicted molar refractivity (Wildman–Crippen MR) is 75.6 cm³/mol. The molecule has 0 saturated heterocycles. The molecular weight excluding hydrogens is 228 g/mol. The molecule has 0 aliphatic carbocycles. The van der Waals surface area contributed by atoms with E-state index in [1.54, 1.807) is 0 Å². The Morgan fingerprint density at radius 1 is 1.39 bits per heavy atom. The smallest absolute Gasteiger partial charge is 0.323 e. The monoisotopic (exact) mass is 258 g/mol. The Morgan fingerprint density at radius 3 is 2.33 bits per heavy atom. The first-order valence-corrected chi connectivity index (χ1v) is 6.95. The van der Waals surface area contributed by atoms with Gasteiger partial charge in [-0.2, -0.15) is 0 Å². The van der Waals surface area contributed by atoms with Gasteiger partial charge >= 0.3 is 5.97 Å². The summed E-state index contributed by atoms with van der Waals surface area (Å²) in [6.45, 7) is 9.39. The zero-order valence-electron chi connectivity index (χ0n) is 12.6. The molecule has 0 aliphatic rings. The topological polar surface area (TPSA) is 66.6 Å². The third-order valence-corrected chi connectivity index (χ3v) is 3.76. The fourth-order valence-electron chi connectivity index (χ4n) is 2.16. The van der Waals surface area contributed by atoms with Gasteiger partial charge in [0.1, 0.15) is 5.54 Å². The maximum atomic E-state index is 11.1. The molecule has 0 spiro atoms. The Kier molecular flexibility index (Phi) is 7.48. The Hall–Kier alpha value is -0.610. The molecule has 2 atom stereocenters. The first-order valence-electron chi connectivity index (χ1n) is 6.95. The summed E-state index contributed by atoms with van der Waals surface area (Å²) < 4.78 is 0. The number of nitrogens with two attached hydrogens (primary N) is 1. The van der Waals surface area contributed by atoms with Crippen LogP contribution in [0.5, 0.6) is 0 Å². The van der Waals surface area contributed by atoms with Crippen molar-refractivity contribution in [3.63, 3.8) is 0 Å². The number of hydrogen-bond acceptors (Lipinski definition) is 3. The predicted octanol–water partition coefficient (Wildman–Crippen LogP) is 2.33. The minimum Gasteiger partial charge on any atom is -0.480 e. The van der Waals surface area contributed by atoms with Crippen molar-refractivity contribution in [1.29, 1.82) is 0 Å². The standard InChI is InChI=1S/C14H30N2O2/c1-6-14(15,13(17)18)8-7-9-16(5)12(4)10-11(2)3/h11-12H,6-10,15H2,1-5H3,(H,17,18). The molecule has 4 heteroatoms. The van der Waals surface area contributed by atoms with E-state index in [-0.39, 0.29) is 0 Å². The number of carbonyl (C=O) groups is 1. The number of nitrogens with zero attached hydrogens (tertiary/aromatic N) is 1. The molecule has 0 bridgehead atoms. The molecule has 18 heavy (non-hydrogen) atoms. The maximum absolute atomic E-state index is 11.1. The molecule has 0 fully saturated rings. The molecular formula is C14H30N2O2. The quantitative estimate of drug-likeness (QED) is 0.666. The summed E-state index contributed by atoms with van der Waals surface area (Å²) >= 11 is 0. The summed E-state index contributed by atoms with van der Waals surface area (Å²) in [6, 6.07) is 0.531. The summed E-state index contributed by atoms with van der Waals surface area (Å²) in [5.74, 6) is -0.200. The van der Waals surface area contributed by atoms with Crippen molar-refractivity contribution in [2.24, 2.45) is 11.7 Å². The molecule has 0 rings (SSSR count). The van der Waals surface area contributed by atoms with E-state index in [1.165, 1.54) is 0 Å². The van der Waals surface area contributed by atoms with Crippen molar-refractivity contribution in [1.82, 2.24) is 4.90 Å². The van der Waals surface area contributed by atoms with Gasteiger partial charge in [-0.3, -0.25) is 4.79 Å². The maximum Gasteiger partial charge on any atom is 0.323 e. The van der Waals surface area contributed by atoms with Gasteiger partial charge in [0, 0.05) is 6.04 Å². The normalized spacial score (nSPS) is 16.9. The van der Waals surface area contributed by atoms with Gasteiger partial charge in [0.2, 0.25) is 0 Å². The zero-order valence-corrected chi connectivity index (χ0v) is 12.6. The molecule has 0 radical (unpaired) electrons. The lowest BCUT2D eigenvalue weighted by molar-refractivity contribution is -0.143.